The highest BCUT2D eigenvalue weighted by Gasteiger charge is 2.27. The van der Waals surface area contributed by atoms with Gasteiger partial charge in [-0.3, -0.25) is 9.36 Å². The largest absolute Gasteiger partial charge is 0.376 e. The molecule has 8 heteroatoms. The molecule has 100 valence electrons. The number of rotatable bonds is 4. The maximum absolute atomic E-state index is 10.9. The quantitative estimate of drug-likeness (QED) is 0.354. The molecule has 0 bridgehead atoms. The molecule has 1 aromatic carbocycles. The molecule has 0 spiro atoms. The molecular formula is C11H11N2O5P. The molecular weight excluding hydrogens is 271 g/mol. The number of nitrogens with two attached hydrogens (primary N) is 1. The molecule has 5 N–H and O–H groups in total. The average molecular weight is 282 g/mol. The van der Waals surface area contributed by atoms with E-state index in [-0.39, 0.29) is 11.1 Å². The van der Waals surface area contributed by atoms with Gasteiger partial charge in [0.1, 0.15) is 11.6 Å². The Morgan fingerprint density at radius 3 is 2.26 bits per heavy atom. The maximum Gasteiger partial charge on any atom is 0.358 e. The molecule has 0 radical (unpaired) electrons. The van der Waals surface area contributed by atoms with Crippen molar-refractivity contribution in [2.24, 2.45) is 5.73 Å². The predicted molar refractivity (Wildman–Crippen MR) is 66.2 cm³/mol. The van der Waals surface area contributed by atoms with Crippen molar-refractivity contribution in [1.82, 2.24) is 0 Å². The summed E-state index contributed by atoms with van der Waals surface area (Å²) in [6.45, 7) is 0. The van der Waals surface area contributed by atoms with Crippen molar-refractivity contribution in [2.75, 3.05) is 0 Å². The van der Waals surface area contributed by atoms with Gasteiger partial charge in [0, 0.05) is 0 Å². The van der Waals surface area contributed by atoms with Gasteiger partial charge < -0.3 is 20.6 Å². The number of carbonyl (C=O) groups is 1. The lowest BCUT2D eigenvalue weighted by Gasteiger charge is -2.12. The minimum Gasteiger partial charge on any atom is -0.376 e. The first-order chi connectivity index (χ1) is 8.75. The van der Waals surface area contributed by atoms with Gasteiger partial charge in [-0.1, -0.05) is 24.3 Å². The Hall–Kier alpha value is -1.97. The first kappa shape index (κ1) is 15.1. The summed E-state index contributed by atoms with van der Waals surface area (Å²) in [5, 5.41) is 18.0. The molecule has 0 aromatic heterocycles. The lowest BCUT2D eigenvalue weighted by atomic mass is 10.1. The third kappa shape index (κ3) is 4.02. The van der Waals surface area contributed by atoms with Crippen LogP contribution in [-0.4, -0.2) is 20.8 Å². The Morgan fingerprint density at radius 2 is 1.89 bits per heavy atom. The molecule has 19 heavy (non-hydrogen) atoms. The number of carbonyl (C=O) groups excluding carboxylic acids is 1. The average Bonchev–Trinajstić information content (AvgIpc) is 2.34. The number of nitriles is 1. The highest BCUT2D eigenvalue weighted by atomic mass is 31.2. The lowest BCUT2D eigenvalue weighted by Crippen LogP contribution is -2.12. The second-order valence-electron chi connectivity index (χ2n) is 3.66. The van der Waals surface area contributed by atoms with E-state index >= 15 is 0 Å². The van der Waals surface area contributed by atoms with E-state index in [1.807, 2.05) is 0 Å². The molecule has 0 aliphatic carbocycles. The van der Waals surface area contributed by atoms with E-state index < -0.39 is 19.3 Å². The molecule has 1 rings (SSSR count). The molecule has 1 atom stereocenters. The van der Waals surface area contributed by atoms with Gasteiger partial charge in [0.05, 0.1) is 0 Å². The van der Waals surface area contributed by atoms with Crippen LogP contribution in [0.3, 0.4) is 0 Å². The summed E-state index contributed by atoms with van der Waals surface area (Å²) in [5.74, 6) is -2.78. The third-order valence-electron chi connectivity index (χ3n) is 2.25. The minimum absolute atomic E-state index is 0.0306. The van der Waals surface area contributed by atoms with Crippen LogP contribution in [0, 0.1) is 11.3 Å². The van der Waals surface area contributed by atoms with Crippen molar-refractivity contribution in [3.8, 4) is 6.07 Å². The number of benzene rings is 1. The van der Waals surface area contributed by atoms with E-state index in [2.05, 4.69) is 0 Å². The van der Waals surface area contributed by atoms with Gasteiger partial charge in [-0.15, -0.1) is 0 Å². The summed E-state index contributed by atoms with van der Waals surface area (Å²) in [5.41, 5.74) is 5.18. The summed E-state index contributed by atoms with van der Waals surface area (Å²) in [4.78, 5) is 28.5. The van der Waals surface area contributed by atoms with Crippen molar-refractivity contribution >= 4 is 19.6 Å². The van der Waals surface area contributed by atoms with Crippen molar-refractivity contribution in [3.05, 3.63) is 41.0 Å². The molecule has 0 saturated carbocycles. The zero-order chi connectivity index (χ0) is 14.6. The third-order valence-corrected chi connectivity index (χ3v) is 3.19. The van der Waals surface area contributed by atoms with Crippen molar-refractivity contribution in [3.63, 3.8) is 0 Å². The molecule has 0 saturated heterocycles. The number of amides is 1. The van der Waals surface area contributed by atoms with E-state index in [1.165, 1.54) is 30.3 Å². The Morgan fingerprint density at radius 1 is 1.37 bits per heavy atom. The molecule has 0 fully saturated rings. The fourth-order valence-electron chi connectivity index (χ4n) is 1.28. The predicted octanol–water partition coefficient (Wildman–Crippen LogP) is 0.247. The van der Waals surface area contributed by atoms with Crippen LogP contribution in [-0.2, 0) is 9.36 Å². The monoisotopic (exact) mass is 282 g/mol. The molecule has 0 aliphatic heterocycles. The maximum atomic E-state index is 10.9. The van der Waals surface area contributed by atoms with Crippen molar-refractivity contribution in [1.29, 1.82) is 5.26 Å². The first-order valence-corrected chi connectivity index (χ1v) is 6.68. The van der Waals surface area contributed by atoms with Gasteiger partial charge in [0.15, 0.2) is 5.85 Å². The Kier molecular flexibility index (Phi) is 4.59. The first-order valence-electron chi connectivity index (χ1n) is 5.00. The van der Waals surface area contributed by atoms with Gasteiger partial charge in [0.2, 0.25) is 0 Å². The second-order valence-corrected chi connectivity index (χ2v) is 5.33. The van der Waals surface area contributed by atoms with Crippen LogP contribution in [0.25, 0.3) is 6.08 Å². The van der Waals surface area contributed by atoms with Crippen molar-refractivity contribution < 1.29 is 24.3 Å². The Balaban J connectivity index is 3.05. The number of hydrogen-bond acceptors (Lipinski definition) is 4. The highest BCUT2D eigenvalue weighted by molar-refractivity contribution is 7.51. The topological polar surface area (TPSA) is 145 Å². The summed E-state index contributed by atoms with van der Waals surface area (Å²) < 4.78 is 10.9. The summed E-state index contributed by atoms with van der Waals surface area (Å²) in [6, 6.07) is 6.99. The SMILES string of the molecule is N#C/C(=C\c1ccc(C(O)P(=O)(O)O)cc1)C(N)=O. The summed E-state index contributed by atoms with van der Waals surface area (Å²) in [7, 11) is -4.63. The van der Waals surface area contributed by atoms with E-state index in [1.54, 1.807) is 6.07 Å². The van der Waals surface area contributed by atoms with Gasteiger partial charge in [-0.25, -0.2) is 0 Å². The van der Waals surface area contributed by atoms with Crippen LogP contribution >= 0.6 is 7.60 Å². The number of nitrogens with zero attached hydrogens (tertiary/aromatic N) is 1. The Labute approximate surface area is 108 Å². The molecule has 1 amide bonds. The van der Waals surface area contributed by atoms with E-state index in [0.717, 1.165) is 0 Å². The highest BCUT2D eigenvalue weighted by Crippen LogP contribution is 2.49. The molecule has 0 heterocycles. The van der Waals surface area contributed by atoms with Gasteiger partial charge in [0.25, 0.3) is 5.91 Å². The fourth-order valence-corrected chi connectivity index (χ4v) is 1.84. The molecule has 1 aromatic rings. The van der Waals surface area contributed by atoms with Crippen LogP contribution < -0.4 is 5.73 Å². The summed E-state index contributed by atoms with van der Waals surface area (Å²) >= 11 is 0. The van der Waals surface area contributed by atoms with Crippen LogP contribution in [0.2, 0.25) is 0 Å². The smallest absolute Gasteiger partial charge is 0.358 e. The fraction of sp³-hybridized carbons (Fsp3) is 0.0909. The van der Waals surface area contributed by atoms with Crippen molar-refractivity contribution in [2.45, 2.75) is 5.85 Å². The molecule has 7 nitrogen and oxygen atoms in total. The number of aliphatic hydroxyl groups excluding tert-OH is 1. The van der Waals surface area contributed by atoms with Crippen LogP contribution in [0.4, 0.5) is 0 Å². The zero-order valence-electron chi connectivity index (χ0n) is 9.59. The van der Waals surface area contributed by atoms with Crippen LogP contribution in [0.1, 0.15) is 17.0 Å². The van der Waals surface area contributed by atoms with Gasteiger partial charge in [-0.05, 0) is 17.2 Å². The number of hydrogen-bond donors (Lipinski definition) is 4. The van der Waals surface area contributed by atoms with E-state index in [4.69, 9.17) is 20.8 Å². The standard InChI is InChI=1S/C11H11N2O5P/c12-6-9(10(13)14)5-7-1-3-8(4-2-7)11(15)19(16,17)18/h1-5,11,15H,(H2,13,14)(H2,16,17,18)/b9-5+. The van der Waals surface area contributed by atoms with E-state index in [0.29, 0.717) is 5.56 Å². The van der Waals surface area contributed by atoms with Crippen LogP contribution in [0.15, 0.2) is 29.8 Å². The normalized spacial score (nSPS) is 13.7. The Bertz CT molecular complexity index is 597. The minimum atomic E-state index is -4.63. The number of aliphatic hydroxyl groups is 1. The lowest BCUT2D eigenvalue weighted by molar-refractivity contribution is -0.114. The zero-order valence-corrected chi connectivity index (χ0v) is 10.5. The molecule has 0 aliphatic rings. The number of primary amides is 1. The second kappa shape index (κ2) is 5.78. The summed E-state index contributed by atoms with van der Waals surface area (Å²) in [6.07, 6.45) is 1.23. The van der Waals surface area contributed by atoms with Gasteiger partial charge in [-0.2, -0.15) is 5.26 Å². The van der Waals surface area contributed by atoms with Crippen LogP contribution in [0.5, 0.6) is 0 Å². The molecule has 1 unspecified atom stereocenters. The van der Waals surface area contributed by atoms with E-state index in [9.17, 15) is 14.5 Å². The van der Waals surface area contributed by atoms with Gasteiger partial charge >= 0.3 is 7.60 Å².